The van der Waals surface area contributed by atoms with Gasteiger partial charge in [0, 0.05) is 18.5 Å². The van der Waals surface area contributed by atoms with Crippen LogP contribution < -0.4 is 20.7 Å². The van der Waals surface area contributed by atoms with Gasteiger partial charge < -0.3 is 20.7 Å². The average molecular weight is 356 g/mol. The van der Waals surface area contributed by atoms with Crippen molar-refractivity contribution in [2.45, 2.75) is 32.4 Å². The Bertz CT molecular complexity index is 536. The van der Waals surface area contributed by atoms with Gasteiger partial charge in [-0.25, -0.2) is 0 Å². The number of benzene rings is 1. The standard InChI is InChI=1S/C17H25N3O3.ClH/c1-12-9-14(7-8-18-12)17(22)20-11-16(21)19-10-13-3-5-15(23-2)6-4-13;/h3-6,12,14,18H,7-11H2,1-2H3,(H,19,21)(H,20,22);1H/t12-,14-;/m0./s1. The lowest BCUT2D eigenvalue weighted by molar-refractivity contribution is -0.129. The number of amides is 2. The summed E-state index contributed by atoms with van der Waals surface area (Å²) in [5, 5.41) is 8.84. The van der Waals surface area contributed by atoms with E-state index >= 15 is 0 Å². The van der Waals surface area contributed by atoms with Gasteiger partial charge in [0.05, 0.1) is 13.7 Å². The van der Waals surface area contributed by atoms with Crippen molar-refractivity contribution in [2.24, 2.45) is 5.92 Å². The molecule has 6 nitrogen and oxygen atoms in total. The molecule has 7 heteroatoms. The third-order valence-corrected chi connectivity index (χ3v) is 4.07. The van der Waals surface area contributed by atoms with E-state index in [1.807, 2.05) is 24.3 Å². The third kappa shape index (κ3) is 6.37. The van der Waals surface area contributed by atoms with Crippen LogP contribution in [-0.4, -0.2) is 38.1 Å². The quantitative estimate of drug-likeness (QED) is 0.717. The van der Waals surface area contributed by atoms with Gasteiger partial charge in [-0.2, -0.15) is 0 Å². The lowest BCUT2D eigenvalue weighted by atomic mass is 9.92. The molecule has 0 saturated carbocycles. The number of halogens is 1. The maximum atomic E-state index is 12.1. The zero-order chi connectivity index (χ0) is 16.7. The molecule has 0 spiro atoms. The van der Waals surface area contributed by atoms with E-state index in [-0.39, 0.29) is 36.7 Å². The van der Waals surface area contributed by atoms with Crippen LogP contribution in [0.5, 0.6) is 5.75 Å². The molecule has 1 aromatic carbocycles. The fourth-order valence-corrected chi connectivity index (χ4v) is 2.69. The number of rotatable bonds is 6. The Kier molecular flexibility index (Phi) is 8.57. The molecular weight excluding hydrogens is 330 g/mol. The molecule has 3 N–H and O–H groups in total. The molecule has 0 bridgehead atoms. The Morgan fingerprint density at radius 2 is 1.96 bits per heavy atom. The second-order valence-corrected chi connectivity index (χ2v) is 5.92. The first-order chi connectivity index (χ1) is 11.1. The van der Waals surface area contributed by atoms with Crippen molar-refractivity contribution in [3.8, 4) is 5.75 Å². The van der Waals surface area contributed by atoms with E-state index < -0.39 is 0 Å². The zero-order valence-electron chi connectivity index (χ0n) is 14.1. The molecule has 0 aliphatic carbocycles. The van der Waals surface area contributed by atoms with Crippen LogP contribution in [0, 0.1) is 5.92 Å². The van der Waals surface area contributed by atoms with Crippen molar-refractivity contribution in [1.29, 1.82) is 0 Å². The molecule has 2 atom stereocenters. The number of methoxy groups -OCH3 is 1. The van der Waals surface area contributed by atoms with Gasteiger partial charge in [-0.15, -0.1) is 12.4 Å². The van der Waals surface area contributed by atoms with Gasteiger partial charge in [0.2, 0.25) is 11.8 Å². The van der Waals surface area contributed by atoms with Crippen molar-refractivity contribution < 1.29 is 14.3 Å². The highest BCUT2D eigenvalue weighted by molar-refractivity contribution is 5.86. The van der Waals surface area contributed by atoms with Gasteiger partial charge in [-0.3, -0.25) is 9.59 Å². The minimum atomic E-state index is -0.184. The molecule has 1 aromatic rings. The van der Waals surface area contributed by atoms with Gasteiger partial charge in [0.15, 0.2) is 0 Å². The summed E-state index contributed by atoms with van der Waals surface area (Å²) in [4.78, 5) is 23.9. The summed E-state index contributed by atoms with van der Waals surface area (Å²) in [5.74, 6) is 0.568. The molecule has 1 aliphatic heterocycles. The summed E-state index contributed by atoms with van der Waals surface area (Å²) >= 11 is 0. The highest BCUT2D eigenvalue weighted by Crippen LogP contribution is 2.15. The zero-order valence-corrected chi connectivity index (χ0v) is 14.9. The maximum absolute atomic E-state index is 12.1. The van der Waals surface area contributed by atoms with E-state index in [4.69, 9.17) is 4.74 Å². The summed E-state index contributed by atoms with van der Waals surface area (Å²) in [7, 11) is 1.61. The Labute approximate surface area is 149 Å². The van der Waals surface area contributed by atoms with Crippen molar-refractivity contribution >= 4 is 24.2 Å². The van der Waals surface area contributed by atoms with Crippen molar-refractivity contribution in [2.75, 3.05) is 20.2 Å². The van der Waals surface area contributed by atoms with Crippen LogP contribution >= 0.6 is 12.4 Å². The molecule has 1 saturated heterocycles. The van der Waals surface area contributed by atoms with Gasteiger partial charge in [0.25, 0.3) is 0 Å². The lowest BCUT2D eigenvalue weighted by Gasteiger charge is -2.26. The highest BCUT2D eigenvalue weighted by Gasteiger charge is 2.24. The Morgan fingerprint density at radius 1 is 1.25 bits per heavy atom. The predicted molar refractivity (Wildman–Crippen MR) is 95.3 cm³/mol. The van der Waals surface area contributed by atoms with Crippen LogP contribution in [0.4, 0.5) is 0 Å². The van der Waals surface area contributed by atoms with Gasteiger partial charge in [-0.05, 0) is 44.0 Å². The SMILES string of the molecule is COc1ccc(CNC(=O)CNC(=O)[C@H]2CCN[C@@H](C)C2)cc1.Cl. The van der Waals surface area contributed by atoms with E-state index in [1.54, 1.807) is 7.11 Å². The van der Waals surface area contributed by atoms with Gasteiger partial charge >= 0.3 is 0 Å². The third-order valence-electron chi connectivity index (χ3n) is 4.07. The molecule has 0 radical (unpaired) electrons. The van der Waals surface area contributed by atoms with Gasteiger partial charge in [-0.1, -0.05) is 12.1 Å². The molecule has 2 amide bonds. The molecule has 1 fully saturated rings. The van der Waals surface area contributed by atoms with E-state index in [9.17, 15) is 9.59 Å². The average Bonchev–Trinajstić information content (AvgIpc) is 2.58. The number of ether oxygens (including phenoxy) is 1. The molecule has 134 valence electrons. The molecule has 1 heterocycles. The topological polar surface area (TPSA) is 79.5 Å². The molecule has 0 aromatic heterocycles. The Morgan fingerprint density at radius 3 is 2.58 bits per heavy atom. The first-order valence-electron chi connectivity index (χ1n) is 7.99. The molecule has 2 rings (SSSR count). The van der Waals surface area contributed by atoms with Crippen LogP contribution in [0.3, 0.4) is 0 Å². The molecular formula is C17H26ClN3O3. The second kappa shape index (κ2) is 10.2. The predicted octanol–water partition coefficient (Wildman–Crippen LogP) is 1.24. The largest absolute Gasteiger partial charge is 0.497 e. The first-order valence-corrected chi connectivity index (χ1v) is 7.99. The Hall–Kier alpha value is -1.79. The van der Waals surface area contributed by atoms with Crippen molar-refractivity contribution in [3.05, 3.63) is 29.8 Å². The van der Waals surface area contributed by atoms with Crippen LogP contribution in [0.1, 0.15) is 25.3 Å². The summed E-state index contributed by atoms with van der Waals surface area (Å²) in [6.07, 6.45) is 1.64. The van der Waals surface area contributed by atoms with E-state index in [0.29, 0.717) is 12.6 Å². The lowest BCUT2D eigenvalue weighted by Crippen LogP contribution is -2.44. The van der Waals surface area contributed by atoms with Crippen LogP contribution in [0.25, 0.3) is 0 Å². The monoisotopic (exact) mass is 355 g/mol. The van der Waals surface area contributed by atoms with Crippen LogP contribution in [-0.2, 0) is 16.1 Å². The minimum absolute atomic E-state index is 0. The smallest absolute Gasteiger partial charge is 0.239 e. The van der Waals surface area contributed by atoms with Gasteiger partial charge in [0.1, 0.15) is 5.75 Å². The van der Waals surface area contributed by atoms with Crippen molar-refractivity contribution in [1.82, 2.24) is 16.0 Å². The second-order valence-electron chi connectivity index (χ2n) is 5.92. The highest BCUT2D eigenvalue weighted by atomic mass is 35.5. The fraction of sp³-hybridized carbons (Fsp3) is 0.529. The van der Waals surface area contributed by atoms with E-state index in [2.05, 4.69) is 22.9 Å². The number of hydrogen-bond donors (Lipinski definition) is 3. The molecule has 24 heavy (non-hydrogen) atoms. The van der Waals surface area contributed by atoms with E-state index in [1.165, 1.54) is 0 Å². The number of nitrogens with one attached hydrogen (secondary N) is 3. The summed E-state index contributed by atoms with van der Waals surface area (Å²) < 4.78 is 5.09. The number of hydrogen-bond acceptors (Lipinski definition) is 4. The number of carbonyl (C=O) groups excluding carboxylic acids is 2. The first kappa shape index (κ1) is 20.3. The molecule has 1 aliphatic rings. The minimum Gasteiger partial charge on any atom is -0.497 e. The van der Waals surface area contributed by atoms with Crippen LogP contribution in [0.2, 0.25) is 0 Å². The summed E-state index contributed by atoms with van der Waals surface area (Å²) in [6.45, 7) is 3.38. The van der Waals surface area contributed by atoms with E-state index in [0.717, 1.165) is 30.7 Å². The van der Waals surface area contributed by atoms with Crippen molar-refractivity contribution in [3.63, 3.8) is 0 Å². The normalized spacial score (nSPS) is 19.8. The Balaban J connectivity index is 0.00000288. The van der Waals surface area contributed by atoms with Crippen LogP contribution in [0.15, 0.2) is 24.3 Å². The number of piperidine rings is 1. The summed E-state index contributed by atoms with van der Waals surface area (Å²) in [6, 6.07) is 7.84. The summed E-state index contributed by atoms with van der Waals surface area (Å²) in [5.41, 5.74) is 0.984. The maximum Gasteiger partial charge on any atom is 0.239 e. The fourth-order valence-electron chi connectivity index (χ4n) is 2.69. The molecule has 0 unspecified atom stereocenters. The number of carbonyl (C=O) groups is 2.